The van der Waals surface area contributed by atoms with Crippen molar-refractivity contribution >= 4 is 11.9 Å². The Balaban J connectivity index is 1.52. The van der Waals surface area contributed by atoms with Crippen molar-refractivity contribution in [3.05, 3.63) is 53.9 Å². The number of carboxylic acid groups (broad SMARTS) is 1. The maximum absolute atomic E-state index is 12.6. The molecule has 138 valence electrons. The second kappa shape index (κ2) is 8.14. The van der Waals surface area contributed by atoms with Crippen molar-refractivity contribution < 1.29 is 14.7 Å². The van der Waals surface area contributed by atoms with E-state index in [0.717, 1.165) is 5.56 Å². The highest BCUT2D eigenvalue weighted by molar-refractivity contribution is 5.80. The summed E-state index contributed by atoms with van der Waals surface area (Å²) in [5, 5.41) is 16.3. The van der Waals surface area contributed by atoms with Gasteiger partial charge in [-0.2, -0.15) is 5.10 Å². The number of hydrogen-bond donors (Lipinski definition) is 2. The number of nitrogens with zero attached hydrogens (tertiary/aromatic N) is 3. The van der Waals surface area contributed by atoms with E-state index in [4.69, 9.17) is 5.11 Å². The fourth-order valence-corrected chi connectivity index (χ4v) is 3.29. The summed E-state index contributed by atoms with van der Waals surface area (Å²) in [6.45, 7) is 1.60. The van der Waals surface area contributed by atoms with Gasteiger partial charge < -0.3 is 15.3 Å². The number of aromatic nitrogens is 2. The van der Waals surface area contributed by atoms with Crippen molar-refractivity contribution in [2.75, 3.05) is 13.6 Å². The largest absolute Gasteiger partial charge is 0.480 e. The van der Waals surface area contributed by atoms with Crippen LogP contribution in [0.15, 0.2) is 42.7 Å². The van der Waals surface area contributed by atoms with Gasteiger partial charge in [0.25, 0.3) is 0 Å². The number of carbonyl (C=O) groups is 2. The lowest BCUT2D eigenvalue weighted by molar-refractivity contribution is -0.142. The first-order chi connectivity index (χ1) is 12.5. The van der Waals surface area contributed by atoms with Crippen LogP contribution in [0.3, 0.4) is 0 Å². The van der Waals surface area contributed by atoms with Crippen LogP contribution in [0, 0.1) is 5.92 Å². The molecule has 1 aromatic heterocycles. The quantitative estimate of drug-likeness (QED) is 0.816. The predicted molar refractivity (Wildman–Crippen MR) is 96.4 cm³/mol. The van der Waals surface area contributed by atoms with E-state index >= 15 is 0 Å². The van der Waals surface area contributed by atoms with E-state index in [-0.39, 0.29) is 11.8 Å². The predicted octanol–water partition coefficient (Wildman–Crippen LogP) is 1.34. The third kappa shape index (κ3) is 4.49. The van der Waals surface area contributed by atoms with Crippen LogP contribution < -0.4 is 5.32 Å². The van der Waals surface area contributed by atoms with Gasteiger partial charge in [-0.3, -0.25) is 14.3 Å². The standard InChI is InChI=1S/C19H24N4O3/c1-22(18(24)16-7-8-17(19(25)26)20-10-16)11-15-9-21-23(13-15)12-14-5-3-2-4-6-14/h2-6,9,13,16-17,20H,7-8,10-12H2,1H3,(H,25,26). The average Bonchev–Trinajstić information content (AvgIpc) is 3.08. The summed E-state index contributed by atoms with van der Waals surface area (Å²) in [4.78, 5) is 25.3. The maximum atomic E-state index is 12.6. The number of carbonyl (C=O) groups excluding carboxylic acids is 1. The molecule has 2 N–H and O–H groups in total. The summed E-state index contributed by atoms with van der Waals surface area (Å²) in [7, 11) is 1.78. The number of carboxylic acids is 1. The molecule has 1 aromatic carbocycles. The number of rotatable bonds is 6. The lowest BCUT2D eigenvalue weighted by Gasteiger charge is -2.29. The van der Waals surface area contributed by atoms with Crippen LogP contribution in [0.2, 0.25) is 0 Å². The molecule has 0 spiro atoms. The molecule has 0 saturated carbocycles. The molecule has 2 unspecified atom stereocenters. The first kappa shape index (κ1) is 18.1. The molecule has 1 aliphatic rings. The van der Waals surface area contributed by atoms with E-state index in [1.807, 2.05) is 29.1 Å². The van der Waals surface area contributed by atoms with Crippen LogP contribution in [0.4, 0.5) is 0 Å². The molecule has 1 fully saturated rings. The van der Waals surface area contributed by atoms with Gasteiger partial charge in [0.2, 0.25) is 5.91 Å². The zero-order valence-electron chi connectivity index (χ0n) is 14.8. The second-order valence-electron chi connectivity index (χ2n) is 6.80. The second-order valence-corrected chi connectivity index (χ2v) is 6.80. The summed E-state index contributed by atoms with van der Waals surface area (Å²) >= 11 is 0. The molecule has 1 aliphatic heterocycles. The van der Waals surface area contributed by atoms with Gasteiger partial charge in [0, 0.05) is 31.9 Å². The van der Waals surface area contributed by atoms with E-state index in [0.29, 0.717) is 32.5 Å². The van der Waals surface area contributed by atoms with Crippen LogP contribution in [0.1, 0.15) is 24.0 Å². The summed E-state index contributed by atoms with van der Waals surface area (Å²) in [6.07, 6.45) is 4.82. The third-order valence-corrected chi connectivity index (χ3v) is 4.73. The Morgan fingerprint density at radius 2 is 2.04 bits per heavy atom. The van der Waals surface area contributed by atoms with Gasteiger partial charge in [-0.25, -0.2) is 0 Å². The van der Waals surface area contributed by atoms with Crippen molar-refractivity contribution in [3.63, 3.8) is 0 Å². The molecule has 2 aromatic rings. The normalized spacial score (nSPS) is 19.9. The van der Waals surface area contributed by atoms with Crippen LogP contribution in [-0.2, 0) is 22.7 Å². The van der Waals surface area contributed by atoms with E-state index in [9.17, 15) is 9.59 Å². The van der Waals surface area contributed by atoms with Crippen molar-refractivity contribution in [3.8, 4) is 0 Å². The molecular formula is C19H24N4O3. The highest BCUT2D eigenvalue weighted by atomic mass is 16.4. The molecular weight excluding hydrogens is 332 g/mol. The van der Waals surface area contributed by atoms with Gasteiger partial charge in [-0.05, 0) is 18.4 Å². The fourth-order valence-electron chi connectivity index (χ4n) is 3.29. The Morgan fingerprint density at radius 1 is 1.27 bits per heavy atom. The number of amides is 1. The van der Waals surface area contributed by atoms with Crippen molar-refractivity contribution in [2.45, 2.75) is 32.0 Å². The molecule has 0 bridgehead atoms. The van der Waals surface area contributed by atoms with Crippen LogP contribution in [0.5, 0.6) is 0 Å². The Labute approximate surface area is 152 Å². The smallest absolute Gasteiger partial charge is 0.320 e. The zero-order valence-corrected chi connectivity index (χ0v) is 14.8. The number of piperidine rings is 1. The van der Waals surface area contributed by atoms with E-state index < -0.39 is 12.0 Å². The first-order valence-corrected chi connectivity index (χ1v) is 8.79. The maximum Gasteiger partial charge on any atom is 0.320 e. The molecule has 2 heterocycles. The zero-order chi connectivity index (χ0) is 18.5. The Morgan fingerprint density at radius 3 is 2.69 bits per heavy atom. The summed E-state index contributed by atoms with van der Waals surface area (Å²) in [6, 6.07) is 9.55. The molecule has 2 atom stereocenters. The number of aliphatic carboxylic acids is 1. The molecule has 7 nitrogen and oxygen atoms in total. The summed E-state index contributed by atoms with van der Waals surface area (Å²) < 4.78 is 1.86. The highest BCUT2D eigenvalue weighted by Gasteiger charge is 2.30. The highest BCUT2D eigenvalue weighted by Crippen LogP contribution is 2.18. The van der Waals surface area contributed by atoms with E-state index in [1.165, 1.54) is 5.56 Å². The summed E-state index contributed by atoms with van der Waals surface area (Å²) in [5.74, 6) is -0.984. The molecule has 0 radical (unpaired) electrons. The molecule has 1 amide bonds. The number of benzene rings is 1. The topological polar surface area (TPSA) is 87.5 Å². The third-order valence-electron chi connectivity index (χ3n) is 4.73. The lowest BCUT2D eigenvalue weighted by atomic mass is 9.93. The van der Waals surface area contributed by atoms with Crippen molar-refractivity contribution in [1.82, 2.24) is 20.0 Å². The molecule has 26 heavy (non-hydrogen) atoms. The van der Waals surface area contributed by atoms with Gasteiger partial charge in [0.05, 0.1) is 18.7 Å². The van der Waals surface area contributed by atoms with Gasteiger partial charge in [-0.1, -0.05) is 30.3 Å². The molecule has 0 aliphatic carbocycles. The number of hydrogen-bond acceptors (Lipinski definition) is 4. The van der Waals surface area contributed by atoms with Gasteiger partial charge in [-0.15, -0.1) is 0 Å². The Hall–Kier alpha value is -2.67. The monoisotopic (exact) mass is 356 g/mol. The fraction of sp³-hybridized carbons (Fsp3) is 0.421. The summed E-state index contributed by atoms with van der Waals surface area (Å²) in [5.41, 5.74) is 2.15. The van der Waals surface area contributed by atoms with Crippen LogP contribution in [0.25, 0.3) is 0 Å². The average molecular weight is 356 g/mol. The van der Waals surface area contributed by atoms with Gasteiger partial charge >= 0.3 is 5.97 Å². The number of nitrogens with one attached hydrogen (secondary N) is 1. The SMILES string of the molecule is CN(Cc1cnn(Cc2ccccc2)c1)C(=O)C1CCC(C(=O)O)NC1. The lowest BCUT2D eigenvalue weighted by Crippen LogP contribution is -2.48. The van der Waals surface area contributed by atoms with Gasteiger partial charge in [0.15, 0.2) is 0 Å². The molecule has 3 rings (SSSR count). The molecule has 7 heteroatoms. The van der Waals surface area contributed by atoms with Gasteiger partial charge in [0.1, 0.15) is 6.04 Å². The first-order valence-electron chi connectivity index (χ1n) is 8.79. The minimum atomic E-state index is -0.852. The minimum absolute atomic E-state index is 0.0390. The van der Waals surface area contributed by atoms with E-state index in [1.54, 1.807) is 18.1 Å². The van der Waals surface area contributed by atoms with E-state index in [2.05, 4.69) is 22.5 Å². The van der Waals surface area contributed by atoms with Crippen molar-refractivity contribution in [2.24, 2.45) is 5.92 Å². The minimum Gasteiger partial charge on any atom is -0.480 e. The molecule has 1 saturated heterocycles. The van der Waals surface area contributed by atoms with Crippen LogP contribution >= 0.6 is 0 Å². The Kier molecular flexibility index (Phi) is 5.68. The van der Waals surface area contributed by atoms with Crippen molar-refractivity contribution in [1.29, 1.82) is 0 Å². The Bertz CT molecular complexity index is 751. The van der Waals surface area contributed by atoms with Crippen LogP contribution in [-0.4, -0.2) is 51.3 Å².